The number of piperazine rings is 1. The number of aromatic nitrogens is 1. The molecule has 0 unspecified atom stereocenters. The van der Waals surface area contributed by atoms with Gasteiger partial charge in [0.15, 0.2) is 5.89 Å². The molecule has 2 aromatic rings. The summed E-state index contributed by atoms with van der Waals surface area (Å²) >= 11 is 5.82. The number of nitrogens with zero attached hydrogens (tertiary/aromatic N) is 3. The molecule has 0 atom stereocenters. The number of halogens is 2. The molecule has 1 amide bonds. The molecule has 8 heteroatoms. The van der Waals surface area contributed by atoms with Crippen molar-refractivity contribution in [3.63, 3.8) is 0 Å². The minimum absolute atomic E-state index is 0.101. The molecule has 3 rings (SSSR count). The van der Waals surface area contributed by atoms with E-state index in [2.05, 4.69) is 40.9 Å². The lowest BCUT2D eigenvalue weighted by Gasteiger charge is -2.33. The minimum Gasteiger partial charge on any atom is -0.448 e. The Morgan fingerprint density at radius 3 is 2.50 bits per heavy atom. The quantitative estimate of drug-likeness (QED) is 0.820. The van der Waals surface area contributed by atoms with Crippen molar-refractivity contribution in [3.05, 3.63) is 46.9 Å². The van der Waals surface area contributed by atoms with Crippen LogP contribution in [0.15, 0.2) is 28.9 Å². The fourth-order valence-corrected chi connectivity index (χ4v) is 3.31. The first kappa shape index (κ1) is 20.8. The molecule has 2 heterocycles. The third-order valence-corrected chi connectivity index (χ3v) is 4.78. The van der Waals surface area contributed by atoms with Crippen molar-refractivity contribution in [1.82, 2.24) is 14.8 Å². The van der Waals surface area contributed by atoms with Gasteiger partial charge in [-0.3, -0.25) is 14.6 Å². The molecular weight excluding hydrogens is 383 g/mol. The molecule has 152 valence electrons. The molecule has 1 fully saturated rings. The van der Waals surface area contributed by atoms with E-state index in [9.17, 15) is 9.18 Å². The number of carbonyl (C=O) groups excluding carboxylic acids is 1. The Labute approximate surface area is 169 Å². The van der Waals surface area contributed by atoms with Crippen LogP contribution >= 0.6 is 11.6 Å². The number of carbonyl (C=O) groups is 1. The minimum atomic E-state index is -0.473. The molecule has 1 N–H and O–H groups in total. The summed E-state index contributed by atoms with van der Waals surface area (Å²) in [4.78, 5) is 21.2. The van der Waals surface area contributed by atoms with Crippen molar-refractivity contribution in [2.45, 2.75) is 32.7 Å². The average Bonchev–Trinajstić information content (AvgIpc) is 3.04. The first-order valence-electron chi connectivity index (χ1n) is 9.34. The van der Waals surface area contributed by atoms with Crippen LogP contribution in [0, 0.1) is 5.82 Å². The number of nitrogens with one attached hydrogen (secondary N) is 1. The van der Waals surface area contributed by atoms with Crippen molar-refractivity contribution in [2.24, 2.45) is 0 Å². The summed E-state index contributed by atoms with van der Waals surface area (Å²) in [7, 11) is 0. The number of rotatable bonds is 5. The van der Waals surface area contributed by atoms with Gasteiger partial charge in [0.25, 0.3) is 0 Å². The summed E-state index contributed by atoms with van der Waals surface area (Å²) < 4.78 is 18.9. The van der Waals surface area contributed by atoms with Crippen molar-refractivity contribution in [1.29, 1.82) is 0 Å². The second-order valence-corrected chi connectivity index (χ2v) is 8.59. The summed E-state index contributed by atoms with van der Waals surface area (Å²) in [6, 6.07) is 3.99. The third-order valence-electron chi connectivity index (χ3n) is 4.56. The van der Waals surface area contributed by atoms with E-state index in [1.807, 2.05) is 0 Å². The van der Waals surface area contributed by atoms with Gasteiger partial charge in [0.05, 0.1) is 12.2 Å². The third kappa shape index (κ3) is 5.77. The van der Waals surface area contributed by atoms with Gasteiger partial charge in [0.2, 0.25) is 5.91 Å². The number of amides is 1. The van der Waals surface area contributed by atoms with E-state index in [1.165, 1.54) is 18.2 Å². The van der Waals surface area contributed by atoms with Crippen molar-refractivity contribution in [2.75, 3.05) is 38.0 Å². The van der Waals surface area contributed by atoms with Crippen molar-refractivity contribution >= 4 is 23.2 Å². The van der Waals surface area contributed by atoms with Gasteiger partial charge in [0, 0.05) is 48.8 Å². The highest BCUT2D eigenvalue weighted by atomic mass is 35.5. The Balaban J connectivity index is 1.45. The predicted molar refractivity (Wildman–Crippen MR) is 107 cm³/mol. The van der Waals surface area contributed by atoms with E-state index in [0.29, 0.717) is 5.69 Å². The summed E-state index contributed by atoms with van der Waals surface area (Å²) in [5, 5.41) is 2.95. The SMILES string of the molecule is CC(C)(C)c1nc(CN2CCN(CC(=O)Nc3cc(F)cc(Cl)c3)CC2)co1. The van der Waals surface area contributed by atoms with E-state index in [4.69, 9.17) is 16.0 Å². The second kappa shape index (κ2) is 8.59. The first-order valence-corrected chi connectivity index (χ1v) is 9.72. The molecule has 6 nitrogen and oxygen atoms in total. The molecule has 0 bridgehead atoms. The Morgan fingerprint density at radius 1 is 1.21 bits per heavy atom. The standard InChI is InChI=1S/C20H26ClFN4O2/c1-20(2,3)19-24-17(13-28-19)11-25-4-6-26(7-5-25)12-18(27)23-16-9-14(21)8-15(22)10-16/h8-10,13H,4-7,11-12H2,1-3H3,(H,23,27). The molecule has 0 radical (unpaired) electrons. The molecule has 0 saturated carbocycles. The highest BCUT2D eigenvalue weighted by Gasteiger charge is 2.23. The van der Waals surface area contributed by atoms with Crippen molar-refractivity contribution < 1.29 is 13.6 Å². The normalized spacial score (nSPS) is 16.3. The van der Waals surface area contributed by atoms with Crippen LogP contribution < -0.4 is 5.32 Å². The predicted octanol–water partition coefficient (Wildman–Crippen LogP) is 3.52. The van der Waals surface area contributed by atoms with E-state index in [1.54, 1.807) is 6.26 Å². The lowest BCUT2D eigenvalue weighted by atomic mass is 9.97. The summed E-state index contributed by atoms with van der Waals surface area (Å²) in [6.45, 7) is 10.5. The van der Waals surface area contributed by atoms with E-state index in [0.717, 1.165) is 44.3 Å². The molecule has 1 aromatic carbocycles. The summed E-state index contributed by atoms with van der Waals surface area (Å²) in [6.07, 6.45) is 1.73. The van der Waals surface area contributed by atoms with Crippen LogP contribution in [0.4, 0.5) is 10.1 Å². The van der Waals surface area contributed by atoms with Gasteiger partial charge in [-0.2, -0.15) is 0 Å². The highest BCUT2D eigenvalue weighted by molar-refractivity contribution is 6.30. The molecule has 1 aliphatic rings. The zero-order valence-corrected chi connectivity index (χ0v) is 17.2. The Hall–Kier alpha value is -1.96. The zero-order valence-electron chi connectivity index (χ0n) is 16.5. The molecule has 0 aliphatic carbocycles. The lowest BCUT2D eigenvalue weighted by molar-refractivity contribution is -0.117. The largest absolute Gasteiger partial charge is 0.448 e. The maximum absolute atomic E-state index is 13.4. The Kier molecular flexibility index (Phi) is 6.37. The molecular formula is C20H26ClFN4O2. The van der Waals surface area contributed by atoms with Gasteiger partial charge < -0.3 is 9.73 Å². The maximum atomic E-state index is 13.4. The van der Waals surface area contributed by atoms with Crippen LogP contribution in [-0.2, 0) is 16.8 Å². The molecule has 1 saturated heterocycles. The van der Waals surface area contributed by atoms with Gasteiger partial charge in [-0.25, -0.2) is 9.37 Å². The number of hydrogen-bond donors (Lipinski definition) is 1. The number of oxazole rings is 1. The summed E-state index contributed by atoms with van der Waals surface area (Å²) in [5.74, 6) is 0.0931. The molecule has 1 aliphatic heterocycles. The fraction of sp³-hybridized carbons (Fsp3) is 0.500. The second-order valence-electron chi connectivity index (χ2n) is 8.15. The topological polar surface area (TPSA) is 61.6 Å². The van der Waals surface area contributed by atoms with Gasteiger partial charge in [-0.05, 0) is 18.2 Å². The zero-order chi connectivity index (χ0) is 20.3. The van der Waals surface area contributed by atoms with Gasteiger partial charge >= 0.3 is 0 Å². The maximum Gasteiger partial charge on any atom is 0.238 e. The summed E-state index contributed by atoms with van der Waals surface area (Å²) in [5.41, 5.74) is 1.20. The van der Waals surface area contributed by atoms with Crippen LogP contribution in [0.3, 0.4) is 0 Å². The first-order chi connectivity index (χ1) is 13.2. The highest BCUT2D eigenvalue weighted by Crippen LogP contribution is 2.22. The molecule has 28 heavy (non-hydrogen) atoms. The van der Waals surface area contributed by atoms with Crippen LogP contribution in [0.25, 0.3) is 0 Å². The Bertz CT molecular complexity index is 806. The lowest BCUT2D eigenvalue weighted by Crippen LogP contribution is -2.48. The number of hydrogen-bond acceptors (Lipinski definition) is 5. The van der Waals surface area contributed by atoms with Gasteiger partial charge in [0.1, 0.15) is 12.1 Å². The fourth-order valence-electron chi connectivity index (χ4n) is 3.09. The van der Waals surface area contributed by atoms with Crippen LogP contribution in [0.1, 0.15) is 32.4 Å². The number of anilines is 1. The van der Waals surface area contributed by atoms with E-state index in [-0.39, 0.29) is 22.9 Å². The molecule has 1 aromatic heterocycles. The molecule has 0 spiro atoms. The van der Waals surface area contributed by atoms with Crippen LogP contribution in [0.2, 0.25) is 5.02 Å². The number of benzene rings is 1. The smallest absolute Gasteiger partial charge is 0.238 e. The van der Waals surface area contributed by atoms with Crippen LogP contribution in [-0.4, -0.2) is 53.4 Å². The monoisotopic (exact) mass is 408 g/mol. The van der Waals surface area contributed by atoms with Crippen molar-refractivity contribution in [3.8, 4) is 0 Å². The van der Waals surface area contributed by atoms with Gasteiger partial charge in [-0.15, -0.1) is 0 Å². The van der Waals surface area contributed by atoms with E-state index < -0.39 is 5.82 Å². The Morgan fingerprint density at radius 2 is 1.89 bits per heavy atom. The van der Waals surface area contributed by atoms with Crippen LogP contribution in [0.5, 0.6) is 0 Å². The average molecular weight is 409 g/mol. The van der Waals surface area contributed by atoms with E-state index >= 15 is 0 Å². The van der Waals surface area contributed by atoms with Gasteiger partial charge in [-0.1, -0.05) is 32.4 Å².